The molecule has 0 N–H and O–H groups in total. The van der Waals surface area contributed by atoms with Crippen molar-refractivity contribution in [2.75, 3.05) is 0 Å². The molecule has 0 saturated heterocycles. The first-order valence-corrected chi connectivity index (χ1v) is 4.55. The van der Waals surface area contributed by atoms with Gasteiger partial charge >= 0.3 is 0 Å². The van der Waals surface area contributed by atoms with Crippen molar-refractivity contribution in [2.45, 2.75) is 0 Å². The van der Waals surface area contributed by atoms with E-state index in [0.29, 0.717) is 10.7 Å². The second-order valence-electron chi connectivity index (χ2n) is 2.31. The van der Waals surface area contributed by atoms with Crippen LogP contribution in [0, 0.1) is 0 Å². The molecule has 2 aromatic heterocycles. The van der Waals surface area contributed by atoms with Crippen LogP contribution in [0.15, 0.2) is 17.6 Å². The van der Waals surface area contributed by atoms with Gasteiger partial charge in [-0.05, 0) is 6.07 Å². The van der Waals surface area contributed by atoms with E-state index in [2.05, 4.69) is 4.98 Å². The Morgan fingerprint density at radius 3 is 3.17 bits per heavy atom. The lowest BCUT2D eigenvalue weighted by molar-refractivity contribution is 0.111. The third kappa shape index (κ3) is 1.11. The Bertz CT molecular complexity index is 438. The first-order chi connectivity index (χ1) is 5.81. The van der Waals surface area contributed by atoms with Crippen molar-refractivity contribution in [1.82, 2.24) is 4.98 Å². The number of nitrogens with zero attached hydrogens (tertiary/aromatic N) is 1. The van der Waals surface area contributed by atoms with Crippen LogP contribution in [0.2, 0.25) is 5.02 Å². The maximum atomic E-state index is 10.4. The summed E-state index contributed by atoms with van der Waals surface area (Å²) in [7, 11) is 0. The molecule has 0 fully saturated rings. The summed E-state index contributed by atoms with van der Waals surface area (Å²) in [6, 6.07) is 1.74. The van der Waals surface area contributed by atoms with Gasteiger partial charge in [-0.25, -0.2) is 0 Å². The summed E-state index contributed by atoms with van der Waals surface area (Å²) in [4.78, 5) is 14.3. The molecule has 0 radical (unpaired) electrons. The molecule has 2 nitrogen and oxygen atoms in total. The van der Waals surface area contributed by atoms with Crippen LogP contribution < -0.4 is 0 Å². The second-order valence-corrected chi connectivity index (χ2v) is 3.63. The molecule has 0 unspecified atom stereocenters. The van der Waals surface area contributed by atoms with Crippen LogP contribution >= 0.6 is 22.9 Å². The van der Waals surface area contributed by atoms with Gasteiger partial charge in [0.25, 0.3) is 0 Å². The second kappa shape index (κ2) is 2.84. The number of pyridine rings is 1. The van der Waals surface area contributed by atoms with E-state index in [1.54, 1.807) is 12.3 Å². The number of aromatic nitrogens is 1. The highest BCUT2D eigenvalue weighted by atomic mass is 35.5. The van der Waals surface area contributed by atoms with Gasteiger partial charge in [0.1, 0.15) is 5.69 Å². The van der Waals surface area contributed by atoms with Crippen molar-refractivity contribution >= 4 is 39.3 Å². The van der Waals surface area contributed by atoms with Crippen LogP contribution in [0.25, 0.3) is 10.1 Å². The average molecular weight is 198 g/mol. The Labute approximate surface area is 77.8 Å². The molecule has 0 amide bonds. The van der Waals surface area contributed by atoms with Crippen LogP contribution in [0.3, 0.4) is 0 Å². The summed E-state index contributed by atoms with van der Waals surface area (Å²) in [6.45, 7) is 0. The maximum Gasteiger partial charge on any atom is 0.168 e. The molecular formula is C8H4ClNOS. The smallest absolute Gasteiger partial charge is 0.168 e. The van der Waals surface area contributed by atoms with Crippen LogP contribution in [0.5, 0.6) is 0 Å². The first-order valence-electron chi connectivity index (χ1n) is 3.29. The molecule has 12 heavy (non-hydrogen) atoms. The average Bonchev–Trinajstić information content (AvgIpc) is 2.47. The van der Waals surface area contributed by atoms with Gasteiger partial charge in [0.15, 0.2) is 6.29 Å². The Morgan fingerprint density at radius 2 is 2.42 bits per heavy atom. The Hall–Kier alpha value is -0.930. The summed E-state index contributed by atoms with van der Waals surface area (Å²) >= 11 is 7.36. The number of thiophene rings is 1. The minimum absolute atomic E-state index is 0.445. The normalized spacial score (nSPS) is 10.4. The van der Waals surface area contributed by atoms with E-state index in [0.717, 1.165) is 16.4 Å². The topological polar surface area (TPSA) is 30.0 Å². The van der Waals surface area contributed by atoms with Crippen LogP contribution in [-0.4, -0.2) is 11.3 Å². The van der Waals surface area contributed by atoms with Gasteiger partial charge in [-0.2, -0.15) is 0 Å². The van der Waals surface area contributed by atoms with Crippen molar-refractivity contribution in [3.8, 4) is 0 Å². The highest BCUT2D eigenvalue weighted by Crippen LogP contribution is 2.29. The number of hydrogen-bond acceptors (Lipinski definition) is 3. The summed E-state index contributed by atoms with van der Waals surface area (Å²) in [5, 5.41) is 3.44. The fraction of sp³-hybridized carbons (Fsp3) is 0. The standard InChI is InChI=1S/C8H4ClNOS/c9-7-4-12-8-1-5(3-11)10-2-6(7)8/h1-4H. The number of aldehydes is 1. The van der Waals surface area contributed by atoms with E-state index in [9.17, 15) is 4.79 Å². The quantitative estimate of drug-likeness (QED) is 0.658. The lowest BCUT2D eigenvalue weighted by atomic mass is 10.3. The van der Waals surface area contributed by atoms with Crippen molar-refractivity contribution in [2.24, 2.45) is 0 Å². The molecule has 0 aliphatic rings. The minimum atomic E-state index is 0.445. The van der Waals surface area contributed by atoms with Crippen LogP contribution in [-0.2, 0) is 0 Å². The van der Waals surface area contributed by atoms with E-state index in [1.807, 2.05) is 5.38 Å². The summed E-state index contributed by atoms with van der Waals surface area (Å²) in [5.41, 5.74) is 0.445. The predicted molar refractivity (Wildman–Crippen MR) is 50.0 cm³/mol. The Kier molecular flexibility index (Phi) is 1.83. The Balaban J connectivity index is 2.77. The maximum absolute atomic E-state index is 10.4. The molecule has 0 aliphatic heterocycles. The van der Waals surface area contributed by atoms with Crippen molar-refractivity contribution < 1.29 is 4.79 Å². The number of carbonyl (C=O) groups excluding carboxylic acids is 1. The minimum Gasteiger partial charge on any atom is -0.296 e. The van der Waals surface area contributed by atoms with Gasteiger partial charge in [-0.3, -0.25) is 9.78 Å². The van der Waals surface area contributed by atoms with Crippen molar-refractivity contribution in [3.05, 3.63) is 28.4 Å². The zero-order chi connectivity index (χ0) is 8.55. The number of halogens is 1. The molecule has 2 aromatic rings. The van der Waals surface area contributed by atoms with E-state index in [1.165, 1.54) is 11.3 Å². The molecule has 0 aliphatic carbocycles. The van der Waals surface area contributed by atoms with Crippen LogP contribution in [0.1, 0.15) is 10.5 Å². The van der Waals surface area contributed by atoms with E-state index < -0.39 is 0 Å². The molecule has 0 atom stereocenters. The third-order valence-electron chi connectivity index (χ3n) is 1.55. The SMILES string of the molecule is O=Cc1cc2scc(Cl)c2cn1. The molecule has 60 valence electrons. The molecule has 2 heterocycles. The molecule has 4 heteroatoms. The fourth-order valence-corrected chi connectivity index (χ4v) is 2.15. The van der Waals surface area contributed by atoms with Crippen molar-refractivity contribution in [1.29, 1.82) is 0 Å². The summed E-state index contributed by atoms with van der Waals surface area (Å²) in [5.74, 6) is 0. The van der Waals surface area contributed by atoms with E-state index >= 15 is 0 Å². The van der Waals surface area contributed by atoms with Gasteiger partial charge < -0.3 is 0 Å². The molecule has 0 bridgehead atoms. The van der Waals surface area contributed by atoms with Crippen LogP contribution in [0.4, 0.5) is 0 Å². The van der Waals surface area contributed by atoms with Gasteiger partial charge in [0.05, 0.1) is 5.02 Å². The lowest BCUT2D eigenvalue weighted by Gasteiger charge is -1.90. The third-order valence-corrected chi connectivity index (χ3v) is 2.94. The van der Waals surface area contributed by atoms with E-state index in [4.69, 9.17) is 11.6 Å². The summed E-state index contributed by atoms with van der Waals surface area (Å²) < 4.78 is 0.997. The largest absolute Gasteiger partial charge is 0.296 e. The zero-order valence-corrected chi connectivity index (χ0v) is 7.52. The van der Waals surface area contributed by atoms with Crippen molar-refractivity contribution in [3.63, 3.8) is 0 Å². The number of carbonyl (C=O) groups is 1. The highest BCUT2D eigenvalue weighted by molar-refractivity contribution is 7.17. The predicted octanol–water partition coefficient (Wildman–Crippen LogP) is 2.76. The fourth-order valence-electron chi connectivity index (χ4n) is 0.972. The van der Waals surface area contributed by atoms with Gasteiger partial charge in [-0.15, -0.1) is 11.3 Å². The van der Waals surface area contributed by atoms with Gasteiger partial charge in [-0.1, -0.05) is 11.6 Å². The molecule has 0 saturated carbocycles. The number of fused-ring (bicyclic) bond motifs is 1. The number of rotatable bonds is 1. The zero-order valence-electron chi connectivity index (χ0n) is 5.95. The number of hydrogen-bond donors (Lipinski definition) is 0. The first kappa shape index (κ1) is 7.71. The lowest BCUT2D eigenvalue weighted by Crippen LogP contribution is -1.83. The van der Waals surface area contributed by atoms with Gasteiger partial charge in [0.2, 0.25) is 0 Å². The molecule has 0 spiro atoms. The highest BCUT2D eigenvalue weighted by Gasteiger charge is 2.02. The molecular weight excluding hydrogens is 194 g/mol. The monoisotopic (exact) mass is 197 g/mol. The molecule has 0 aromatic carbocycles. The van der Waals surface area contributed by atoms with E-state index in [-0.39, 0.29) is 0 Å². The summed E-state index contributed by atoms with van der Waals surface area (Å²) in [6.07, 6.45) is 2.35. The Morgan fingerprint density at radius 1 is 1.58 bits per heavy atom. The van der Waals surface area contributed by atoms with Gasteiger partial charge in [0, 0.05) is 21.7 Å². The molecule has 2 rings (SSSR count).